The number of hydrogen-bond donors (Lipinski definition) is 1. The highest BCUT2D eigenvalue weighted by atomic mass is 16.3. The monoisotopic (exact) mass is 176 g/mol. The largest absolute Gasteiger partial charge is 0.512 e. The summed E-state index contributed by atoms with van der Waals surface area (Å²) in [5.41, 5.74) is 0. The first-order valence-electron chi connectivity index (χ1n) is 5.75. The molecule has 0 aliphatic heterocycles. The second kappa shape index (κ2) is 1.97. The number of rotatable bonds is 0. The van der Waals surface area contributed by atoms with Crippen LogP contribution >= 0.6 is 0 Å². The quantitative estimate of drug-likeness (QED) is 0.563. The van der Waals surface area contributed by atoms with Gasteiger partial charge in [-0.25, -0.2) is 0 Å². The zero-order chi connectivity index (χ0) is 8.58. The van der Waals surface area contributed by atoms with Crippen LogP contribution in [0.1, 0.15) is 25.7 Å². The van der Waals surface area contributed by atoms with Crippen LogP contribution in [0.5, 0.6) is 0 Å². The van der Waals surface area contributed by atoms with Gasteiger partial charge in [0.05, 0.1) is 5.76 Å². The van der Waals surface area contributed by atoms with Crippen LogP contribution in [-0.2, 0) is 0 Å². The molecule has 1 N–H and O–H groups in total. The summed E-state index contributed by atoms with van der Waals surface area (Å²) in [5.74, 6) is 6.01. The van der Waals surface area contributed by atoms with Gasteiger partial charge in [0.2, 0.25) is 0 Å². The molecule has 1 nitrogen and oxygen atoms in total. The van der Waals surface area contributed by atoms with E-state index in [9.17, 15) is 5.11 Å². The van der Waals surface area contributed by atoms with Crippen LogP contribution in [0.25, 0.3) is 0 Å². The van der Waals surface area contributed by atoms with Crippen molar-refractivity contribution in [3.63, 3.8) is 0 Å². The molecule has 70 valence electrons. The maximum absolute atomic E-state index is 9.76. The van der Waals surface area contributed by atoms with E-state index in [4.69, 9.17) is 0 Å². The average Bonchev–Trinajstić information content (AvgIpc) is 2.78. The van der Waals surface area contributed by atoms with E-state index >= 15 is 0 Å². The van der Waals surface area contributed by atoms with Gasteiger partial charge in [-0.05, 0) is 61.3 Å². The highest BCUT2D eigenvalue weighted by Gasteiger charge is 2.60. The van der Waals surface area contributed by atoms with Gasteiger partial charge in [-0.1, -0.05) is 0 Å². The van der Waals surface area contributed by atoms with E-state index < -0.39 is 0 Å². The minimum atomic E-state index is 0.588. The van der Waals surface area contributed by atoms with E-state index in [1.165, 1.54) is 25.7 Å². The van der Waals surface area contributed by atoms with Crippen molar-refractivity contribution in [1.29, 1.82) is 0 Å². The Morgan fingerprint density at radius 3 is 2.69 bits per heavy atom. The van der Waals surface area contributed by atoms with Crippen molar-refractivity contribution < 1.29 is 5.11 Å². The fourth-order valence-corrected chi connectivity index (χ4v) is 5.06. The third-order valence-electron chi connectivity index (χ3n) is 5.30. The summed E-state index contributed by atoms with van der Waals surface area (Å²) in [6.45, 7) is 0. The van der Waals surface area contributed by atoms with Crippen LogP contribution in [0.15, 0.2) is 11.8 Å². The summed E-state index contributed by atoms with van der Waals surface area (Å²) < 4.78 is 0. The lowest BCUT2D eigenvalue weighted by Crippen LogP contribution is -2.27. The van der Waals surface area contributed by atoms with Crippen LogP contribution < -0.4 is 0 Å². The summed E-state index contributed by atoms with van der Waals surface area (Å²) in [7, 11) is 0. The lowest BCUT2D eigenvalue weighted by Gasteiger charge is -2.32. The Balaban J connectivity index is 1.81. The third-order valence-corrected chi connectivity index (χ3v) is 5.30. The van der Waals surface area contributed by atoms with E-state index in [1.54, 1.807) is 0 Å². The molecule has 3 saturated carbocycles. The molecular weight excluding hydrogens is 160 g/mol. The van der Waals surface area contributed by atoms with Crippen LogP contribution in [0.2, 0.25) is 0 Å². The smallest absolute Gasteiger partial charge is 0.0919 e. The summed E-state index contributed by atoms with van der Waals surface area (Å²) >= 11 is 0. The first-order chi connectivity index (χ1) is 6.34. The Kier molecular flexibility index (Phi) is 1.05. The molecule has 0 saturated heterocycles. The molecule has 13 heavy (non-hydrogen) atoms. The minimum Gasteiger partial charge on any atom is -0.512 e. The molecule has 0 aromatic carbocycles. The van der Waals surface area contributed by atoms with Gasteiger partial charge in [0, 0.05) is 5.92 Å². The maximum Gasteiger partial charge on any atom is 0.0919 e. The molecular formula is C12H16O. The summed E-state index contributed by atoms with van der Waals surface area (Å²) in [6, 6.07) is 0. The maximum atomic E-state index is 9.76. The van der Waals surface area contributed by atoms with Gasteiger partial charge < -0.3 is 5.11 Å². The van der Waals surface area contributed by atoms with Crippen molar-refractivity contribution in [3.8, 4) is 0 Å². The third kappa shape index (κ3) is 0.639. The molecule has 4 bridgehead atoms. The predicted molar refractivity (Wildman–Crippen MR) is 50.1 cm³/mol. The number of allylic oxidation sites excluding steroid dienone is 2. The first-order valence-corrected chi connectivity index (χ1v) is 5.75. The lowest BCUT2D eigenvalue weighted by molar-refractivity contribution is 0.169. The van der Waals surface area contributed by atoms with Crippen molar-refractivity contribution in [2.75, 3.05) is 0 Å². The Labute approximate surface area is 78.8 Å². The zero-order valence-corrected chi connectivity index (χ0v) is 7.82. The molecule has 4 aliphatic rings. The van der Waals surface area contributed by atoms with Crippen molar-refractivity contribution in [3.05, 3.63) is 11.8 Å². The van der Waals surface area contributed by atoms with Gasteiger partial charge in [0.1, 0.15) is 0 Å². The second-order valence-electron chi connectivity index (χ2n) is 5.59. The summed E-state index contributed by atoms with van der Waals surface area (Å²) in [4.78, 5) is 0. The van der Waals surface area contributed by atoms with E-state index in [0.717, 1.165) is 35.3 Å². The van der Waals surface area contributed by atoms with Crippen LogP contribution in [0.4, 0.5) is 0 Å². The van der Waals surface area contributed by atoms with Crippen molar-refractivity contribution >= 4 is 0 Å². The van der Waals surface area contributed by atoms with E-state index in [0.29, 0.717) is 5.92 Å². The number of hydrogen-bond acceptors (Lipinski definition) is 1. The Morgan fingerprint density at radius 1 is 1.08 bits per heavy atom. The van der Waals surface area contributed by atoms with Crippen molar-refractivity contribution in [2.24, 2.45) is 35.5 Å². The standard InChI is InChI=1S/C12H16O/c13-10-5-8-4-9(10)12-7-2-1-6(3-7)11(8)12/h5-9,11-13H,1-4H2. The molecule has 1 heteroatoms. The molecule has 0 amide bonds. The molecule has 0 spiro atoms. The van der Waals surface area contributed by atoms with Gasteiger partial charge in [0.25, 0.3) is 0 Å². The van der Waals surface area contributed by atoms with Crippen molar-refractivity contribution in [1.82, 2.24) is 0 Å². The van der Waals surface area contributed by atoms with E-state index in [2.05, 4.69) is 6.08 Å². The molecule has 0 heterocycles. The van der Waals surface area contributed by atoms with Gasteiger partial charge in [-0.2, -0.15) is 0 Å². The Hall–Kier alpha value is -0.460. The fraction of sp³-hybridized carbons (Fsp3) is 0.833. The zero-order valence-electron chi connectivity index (χ0n) is 7.82. The predicted octanol–water partition coefficient (Wildman–Crippen LogP) is 2.74. The molecule has 4 aliphatic carbocycles. The van der Waals surface area contributed by atoms with Gasteiger partial charge in [0.15, 0.2) is 0 Å². The number of aliphatic hydroxyl groups is 1. The molecule has 3 fully saturated rings. The highest BCUT2D eigenvalue weighted by Crippen LogP contribution is 2.66. The molecule has 6 atom stereocenters. The Bertz CT molecular complexity index is 293. The lowest BCUT2D eigenvalue weighted by atomic mass is 9.73. The first kappa shape index (κ1) is 6.92. The van der Waals surface area contributed by atoms with E-state index in [-0.39, 0.29) is 0 Å². The van der Waals surface area contributed by atoms with Crippen LogP contribution in [0.3, 0.4) is 0 Å². The molecule has 0 radical (unpaired) electrons. The van der Waals surface area contributed by atoms with Gasteiger partial charge >= 0.3 is 0 Å². The second-order valence-corrected chi connectivity index (χ2v) is 5.59. The normalized spacial score (nSPS) is 61.4. The molecule has 0 aromatic rings. The van der Waals surface area contributed by atoms with Crippen LogP contribution in [-0.4, -0.2) is 5.11 Å². The van der Waals surface area contributed by atoms with Gasteiger partial charge in [-0.15, -0.1) is 0 Å². The Morgan fingerprint density at radius 2 is 1.85 bits per heavy atom. The number of fused-ring (bicyclic) bond motifs is 9. The fourth-order valence-electron chi connectivity index (χ4n) is 5.06. The summed E-state index contributed by atoms with van der Waals surface area (Å²) in [6.07, 6.45) is 7.90. The molecule has 4 rings (SSSR count). The number of aliphatic hydroxyl groups excluding tert-OH is 1. The van der Waals surface area contributed by atoms with Crippen LogP contribution in [0, 0.1) is 35.5 Å². The van der Waals surface area contributed by atoms with E-state index in [1.807, 2.05) is 0 Å². The van der Waals surface area contributed by atoms with Gasteiger partial charge in [-0.3, -0.25) is 0 Å². The van der Waals surface area contributed by atoms with Crippen molar-refractivity contribution in [2.45, 2.75) is 25.7 Å². The minimum absolute atomic E-state index is 0.588. The average molecular weight is 176 g/mol. The SMILES string of the molecule is OC1=CC2CC1C1C3CCC(C3)C21. The topological polar surface area (TPSA) is 20.2 Å². The summed E-state index contributed by atoms with van der Waals surface area (Å²) in [5, 5.41) is 9.76. The highest BCUT2D eigenvalue weighted by molar-refractivity contribution is 5.23. The molecule has 0 aromatic heterocycles. The molecule has 6 unspecified atom stereocenters.